The van der Waals surface area contributed by atoms with Gasteiger partial charge in [0, 0.05) is 12.4 Å². The van der Waals surface area contributed by atoms with Gasteiger partial charge in [-0.2, -0.15) is 0 Å². The average Bonchev–Trinajstić information content (AvgIpc) is 1.83. The van der Waals surface area contributed by atoms with Crippen molar-refractivity contribution in [2.75, 3.05) is 0 Å². The predicted octanol–water partition coefficient (Wildman–Crippen LogP) is -4.69. The van der Waals surface area contributed by atoms with Crippen molar-refractivity contribution in [1.29, 1.82) is 0 Å². The van der Waals surface area contributed by atoms with E-state index >= 15 is 0 Å². The molecule has 0 radical (unpaired) electrons. The topological polar surface area (TPSA) is 115 Å². The minimum Gasteiger partial charge on any atom is -0.550 e. The average molecular weight is 198 g/mol. The first-order valence-corrected chi connectivity index (χ1v) is 3.08. The third-order valence-corrected chi connectivity index (χ3v) is 1.18. The van der Waals surface area contributed by atoms with E-state index < -0.39 is 36.7 Å². The maximum absolute atomic E-state index is 10.2. The van der Waals surface area contributed by atoms with Crippen LogP contribution in [0, 0.1) is 5.92 Å². The number of hydrogen-bond donors (Lipinski definition) is 2. The Morgan fingerprint density at radius 2 is 1.62 bits per heavy atom. The van der Waals surface area contributed by atoms with Crippen LogP contribution in [0.3, 0.4) is 0 Å². The third kappa shape index (κ3) is 7.76. The van der Waals surface area contributed by atoms with Gasteiger partial charge in [0.2, 0.25) is 0 Å². The van der Waals surface area contributed by atoms with Crippen molar-refractivity contribution in [2.45, 2.75) is 12.8 Å². The number of rotatable bonds is 5. The Morgan fingerprint density at radius 1 is 1.15 bits per heavy atom. The molecule has 0 heterocycles. The van der Waals surface area contributed by atoms with Crippen LogP contribution in [0.1, 0.15) is 12.8 Å². The van der Waals surface area contributed by atoms with Crippen molar-refractivity contribution in [3.05, 3.63) is 0 Å². The molecule has 6 nitrogen and oxygen atoms in total. The molecule has 0 bridgehead atoms. The first-order valence-electron chi connectivity index (χ1n) is 3.08. The van der Waals surface area contributed by atoms with Gasteiger partial charge in [-0.1, -0.05) is 0 Å². The van der Waals surface area contributed by atoms with Crippen molar-refractivity contribution in [3.63, 3.8) is 0 Å². The van der Waals surface area contributed by atoms with Gasteiger partial charge in [0.25, 0.3) is 0 Å². The first kappa shape index (κ1) is 14.9. The van der Waals surface area contributed by atoms with Crippen molar-refractivity contribution in [1.82, 2.24) is 0 Å². The molecule has 0 aromatic carbocycles. The van der Waals surface area contributed by atoms with Crippen LogP contribution in [0.25, 0.3) is 0 Å². The summed E-state index contributed by atoms with van der Waals surface area (Å²) in [5.41, 5.74) is 0. The Morgan fingerprint density at radius 3 is 1.85 bits per heavy atom. The van der Waals surface area contributed by atoms with Gasteiger partial charge >= 0.3 is 41.5 Å². The molecule has 0 aromatic heterocycles. The summed E-state index contributed by atoms with van der Waals surface area (Å²) in [5, 5.41) is 26.4. The fourth-order valence-electron chi connectivity index (χ4n) is 0.659. The van der Waals surface area contributed by atoms with E-state index in [1.54, 1.807) is 0 Å². The van der Waals surface area contributed by atoms with Crippen LogP contribution in [0.15, 0.2) is 0 Å². The Hall–Kier alpha value is -0.590. The van der Waals surface area contributed by atoms with Crippen LogP contribution in [0.2, 0.25) is 0 Å². The van der Waals surface area contributed by atoms with Crippen molar-refractivity contribution < 1.29 is 59.3 Å². The van der Waals surface area contributed by atoms with E-state index in [1.165, 1.54) is 0 Å². The van der Waals surface area contributed by atoms with Crippen molar-refractivity contribution in [3.8, 4) is 0 Å². The summed E-state index contributed by atoms with van der Waals surface area (Å²) in [4.78, 5) is 30.2. The summed E-state index contributed by atoms with van der Waals surface area (Å²) >= 11 is 0. The van der Waals surface area contributed by atoms with Gasteiger partial charge in [0.15, 0.2) is 0 Å². The molecule has 0 amide bonds. The molecule has 0 spiro atoms. The molecular formula is C6H7NaO6. The Kier molecular flexibility index (Phi) is 7.89. The minimum absolute atomic E-state index is 0. The maximum atomic E-state index is 10.2. The zero-order valence-corrected chi connectivity index (χ0v) is 9.02. The molecule has 0 aliphatic carbocycles. The molecule has 1 atom stereocenters. The van der Waals surface area contributed by atoms with Crippen LogP contribution in [0.4, 0.5) is 0 Å². The van der Waals surface area contributed by atoms with Crippen LogP contribution < -0.4 is 34.7 Å². The smallest absolute Gasteiger partial charge is 0.550 e. The van der Waals surface area contributed by atoms with E-state index in [4.69, 9.17) is 10.2 Å². The SMILES string of the molecule is O=C([O-])CC(CC(=O)O)C(=O)O.[Na+]. The molecule has 0 aliphatic rings. The molecule has 0 aromatic rings. The molecule has 1 unspecified atom stereocenters. The minimum atomic E-state index is -1.57. The second kappa shape index (κ2) is 6.88. The number of carboxylic acid groups (broad SMARTS) is 3. The van der Waals surface area contributed by atoms with Gasteiger partial charge in [-0.25, -0.2) is 0 Å². The van der Waals surface area contributed by atoms with E-state index in [0.717, 1.165) is 0 Å². The number of carbonyl (C=O) groups excluding carboxylic acids is 1. The fraction of sp³-hybridized carbons (Fsp3) is 0.500. The maximum Gasteiger partial charge on any atom is 1.00 e. The van der Waals surface area contributed by atoms with Gasteiger partial charge in [-0.3, -0.25) is 9.59 Å². The normalized spacial score (nSPS) is 11.1. The van der Waals surface area contributed by atoms with Gasteiger partial charge in [0.1, 0.15) is 0 Å². The van der Waals surface area contributed by atoms with Crippen molar-refractivity contribution >= 4 is 17.9 Å². The Balaban J connectivity index is 0. The summed E-state index contributed by atoms with van der Waals surface area (Å²) in [5.74, 6) is -5.76. The summed E-state index contributed by atoms with van der Waals surface area (Å²) in [6.07, 6.45) is -1.48. The molecule has 0 aliphatic heterocycles. The summed E-state index contributed by atoms with van der Waals surface area (Å²) in [6.45, 7) is 0. The van der Waals surface area contributed by atoms with E-state index in [0.29, 0.717) is 0 Å². The summed E-state index contributed by atoms with van der Waals surface area (Å²) < 4.78 is 0. The molecule has 0 saturated carbocycles. The van der Waals surface area contributed by atoms with Crippen LogP contribution in [-0.4, -0.2) is 28.1 Å². The molecule has 2 N–H and O–H groups in total. The first-order chi connectivity index (χ1) is 5.43. The quantitative estimate of drug-likeness (QED) is 0.429. The van der Waals surface area contributed by atoms with Gasteiger partial charge in [-0.05, 0) is 0 Å². The fourth-order valence-corrected chi connectivity index (χ4v) is 0.659. The summed E-state index contributed by atoms with van der Waals surface area (Å²) in [6, 6.07) is 0. The standard InChI is InChI=1S/C6H8O6.Na/c7-4(8)1-3(6(11)12)2-5(9)10;/h3H,1-2H2,(H,7,8)(H,9,10)(H,11,12);/q;+1/p-1. The number of carboxylic acids is 3. The van der Waals surface area contributed by atoms with Gasteiger partial charge in [-0.15, -0.1) is 0 Å². The molecule has 68 valence electrons. The number of carbonyl (C=O) groups is 3. The van der Waals surface area contributed by atoms with Crippen LogP contribution in [0.5, 0.6) is 0 Å². The van der Waals surface area contributed by atoms with E-state index in [2.05, 4.69) is 0 Å². The second-order valence-corrected chi connectivity index (χ2v) is 2.21. The zero-order chi connectivity index (χ0) is 9.72. The molecule has 0 fully saturated rings. The van der Waals surface area contributed by atoms with Crippen LogP contribution in [-0.2, 0) is 14.4 Å². The number of aliphatic carboxylic acids is 3. The molecule has 7 heteroatoms. The molecular weight excluding hydrogens is 191 g/mol. The predicted molar refractivity (Wildman–Crippen MR) is 33.0 cm³/mol. The van der Waals surface area contributed by atoms with Gasteiger partial charge in [0.05, 0.1) is 12.3 Å². The molecule has 0 rings (SSSR count). The second-order valence-electron chi connectivity index (χ2n) is 2.21. The van der Waals surface area contributed by atoms with Gasteiger partial charge < -0.3 is 20.1 Å². The van der Waals surface area contributed by atoms with E-state index in [9.17, 15) is 19.5 Å². The van der Waals surface area contributed by atoms with Crippen LogP contribution >= 0.6 is 0 Å². The third-order valence-electron chi connectivity index (χ3n) is 1.18. The zero-order valence-electron chi connectivity index (χ0n) is 7.02. The molecule has 0 saturated heterocycles. The monoisotopic (exact) mass is 198 g/mol. The Bertz CT molecular complexity index is 197. The van der Waals surface area contributed by atoms with E-state index in [-0.39, 0.29) is 29.6 Å². The Labute approximate surface area is 95.8 Å². The largest absolute Gasteiger partial charge is 1.00 e. The summed E-state index contributed by atoms with van der Waals surface area (Å²) in [7, 11) is 0. The van der Waals surface area contributed by atoms with Crippen molar-refractivity contribution in [2.24, 2.45) is 5.92 Å². The molecule has 13 heavy (non-hydrogen) atoms. The van der Waals surface area contributed by atoms with E-state index in [1.807, 2.05) is 0 Å². The number of hydrogen-bond acceptors (Lipinski definition) is 4.